The first-order chi connectivity index (χ1) is 14.8. The van der Waals surface area contributed by atoms with Crippen molar-refractivity contribution in [2.45, 2.75) is 62.1 Å². The fourth-order valence-electron chi connectivity index (χ4n) is 4.04. The third kappa shape index (κ3) is 4.15. The Labute approximate surface area is 188 Å². The Hall–Kier alpha value is -2.75. The van der Waals surface area contributed by atoms with E-state index in [1.54, 1.807) is 20.0 Å². The zero-order valence-corrected chi connectivity index (χ0v) is 18.9. The van der Waals surface area contributed by atoms with Crippen molar-refractivity contribution >= 4 is 35.2 Å². The van der Waals surface area contributed by atoms with Crippen molar-refractivity contribution in [3.8, 4) is 0 Å². The molecule has 32 heavy (non-hydrogen) atoms. The van der Waals surface area contributed by atoms with Gasteiger partial charge < -0.3 is 10.2 Å². The van der Waals surface area contributed by atoms with E-state index in [-0.39, 0.29) is 34.4 Å². The van der Waals surface area contributed by atoms with Crippen LogP contribution in [0.5, 0.6) is 0 Å². The number of thioether (sulfide) groups is 1. The fourth-order valence-corrected chi connectivity index (χ4v) is 4.58. The Morgan fingerprint density at radius 3 is 2.41 bits per heavy atom. The molecular weight excluding hydrogens is 441 g/mol. The van der Waals surface area contributed by atoms with Gasteiger partial charge in [0.05, 0.1) is 12.2 Å². The second-order valence-electron chi connectivity index (χ2n) is 9.15. The van der Waals surface area contributed by atoms with Gasteiger partial charge in [-0.15, -0.1) is 0 Å². The number of amides is 3. The van der Waals surface area contributed by atoms with Crippen LogP contribution < -0.4 is 10.2 Å². The molecule has 3 amide bonds. The van der Waals surface area contributed by atoms with Crippen molar-refractivity contribution < 1.29 is 22.8 Å². The van der Waals surface area contributed by atoms with Crippen LogP contribution in [0, 0.1) is 0 Å². The number of imide groups is 1. The highest BCUT2D eigenvalue weighted by atomic mass is 32.2. The molecule has 0 radical (unpaired) electrons. The van der Waals surface area contributed by atoms with Gasteiger partial charge in [-0.1, -0.05) is 0 Å². The summed E-state index contributed by atoms with van der Waals surface area (Å²) in [6.45, 7) is 7.67. The van der Waals surface area contributed by atoms with Gasteiger partial charge in [0.15, 0.2) is 0 Å². The van der Waals surface area contributed by atoms with Crippen LogP contribution in [0.1, 0.15) is 38.8 Å². The first kappa shape index (κ1) is 22.4. The number of alkyl halides is 3. The van der Waals surface area contributed by atoms with Gasteiger partial charge in [0.2, 0.25) is 0 Å². The maximum atomic E-state index is 13.2. The minimum Gasteiger partial charge on any atom is -0.365 e. The molecule has 1 N–H and O–H groups in total. The predicted octanol–water partition coefficient (Wildman–Crippen LogP) is 5.19. The van der Waals surface area contributed by atoms with Gasteiger partial charge in [0, 0.05) is 16.6 Å². The third-order valence-electron chi connectivity index (χ3n) is 5.61. The molecule has 2 aliphatic heterocycles. The van der Waals surface area contributed by atoms with E-state index in [1.807, 2.05) is 6.07 Å². The van der Waals surface area contributed by atoms with Crippen LogP contribution in [0.4, 0.5) is 29.5 Å². The van der Waals surface area contributed by atoms with Gasteiger partial charge in [-0.25, -0.2) is 14.7 Å². The number of pyridine rings is 1. The van der Waals surface area contributed by atoms with Crippen molar-refractivity contribution in [1.82, 2.24) is 9.88 Å². The summed E-state index contributed by atoms with van der Waals surface area (Å²) in [6, 6.07) is 6.69. The molecule has 4 rings (SSSR count). The van der Waals surface area contributed by atoms with Crippen LogP contribution in [0.15, 0.2) is 41.4 Å². The van der Waals surface area contributed by atoms with Crippen molar-refractivity contribution in [3.63, 3.8) is 0 Å². The molecular formula is C22H23F3N4O2S. The van der Waals surface area contributed by atoms with Gasteiger partial charge in [-0.05, 0) is 87.3 Å². The summed E-state index contributed by atoms with van der Waals surface area (Å²) in [5.41, 5.74) is -3.53. The lowest BCUT2D eigenvalue weighted by Gasteiger charge is -2.27. The largest absolute Gasteiger partial charge is 0.446 e. The topological polar surface area (TPSA) is 65.5 Å². The van der Waals surface area contributed by atoms with Gasteiger partial charge in [-0.2, -0.15) is 13.2 Å². The van der Waals surface area contributed by atoms with Crippen molar-refractivity contribution in [2.24, 2.45) is 0 Å². The molecule has 1 aromatic heterocycles. The molecule has 0 atom stereocenters. The van der Waals surface area contributed by atoms with Crippen LogP contribution in [0.25, 0.3) is 0 Å². The predicted molar refractivity (Wildman–Crippen MR) is 117 cm³/mol. The number of halogens is 3. The zero-order valence-electron chi connectivity index (χ0n) is 18.1. The molecule has 10 heteroatoms. The molecule has 170 valence electrons. The second-order valence-corrected chi connectivity index (χ2v) is 10.3. The number of carbonyl (C=O) groups is 2. The van der Waals surface area contributed by atoms with E-state index in [2.05, 4.69) is 24.1 Å². The van der Waals surface area contributed by atoms with Crippen molar-refractivity contribution in [3.05, 3.63) is 47.7 Å². The molecule has 1 saturated heterocycles. The number of hydrogen-bond acceptors (Lipinski definition) is 5. The molecule has 2 aliphatic rings. The van der Waals surface area contributed by atoms with E-state index in [9.17, 15) is 22.8 Å². The average Bonchev–Trinajstić information content (AvgIpc) is 3.06. The number of rotatable bonds is 4. The van der Waals surface area contributed by atoms with Crippen LogP contribution in [0.2, 0.25) is 0 Å². The molecule has 0 aliphatic carbocycles. The van der Waals surface area contributed by atoms with Gasteiger partial charge in [0.1, 0.15) is 11.4 Å². The Morgan fingerprint density at radius 1 is 1.12 bits per heavy atom. The Morgan fingerprint density at radius 2 is 1.78 bits per heavy atom. The maximum absolute atomic E-state index is 13.2. The molecule has 2 aromatic rings. The number of fused-ring (bicyclic) bond motifs is 1. The second kappa shape index (κ2) is 7.40. The lowest BCUT2D eigenvalue weighted by molar-refractivity contribution is -0.123. The lowest BCUT2D eigenvalue weighted by Crippen LogP contribution is -2.43. The van der Waals surface area contributed by atoms with Gasteiger partial charge >= 0.3 is 11.5 Å². The van der Waals surface area contributed by atoms with E-state index in [4.69, 9.17) is 0 Å². The van der Waals surface area contributed by atoms with E-state index in [1.165, 1.54) is 29.2 Å². The van der Waals surface area contributed by atoms with E-state index < -0.39 is 23.0 Å². The van der Waals surface area contributed by atoms with Crippen LogP contribution in [0.3, 0.4) is 0 Å². The summed E-state index contributed by atoms with van der Waals surface area (Å²) in [5, 5.41) is 3.35. The molecule has 6 nitrogen and oxygen atoms in total. The normalized spacial score (nSPS) is 19.3. The standard InChI is InChI=1S/C22H23F3N4O2S/c1-20(2)10-14-9-13(11-26-17(14)27-20)12-28-19(31)29(18(30)21(28,3)4)15-5-7-16(8-6-15)32-22(23,24)25/h5-9,11H,10,12H2,1-4H3,(H,26,27). The third-order valence-corrected chi connectivity index (χ3v) is 6.34. The first-order valence-electron chi connectivity index (χ1n) is 10.0. The summed E-state index contributed by atoms with van der Waals surface area (Å²) in [4.78, 5) is 33.2. The minimum absolute atomic E-state index is 0.0165. The van der Waals surface area contributed by atoms with E-state index in [0.29, 0.717) is 0 Å². The summed E-state index contributed by atoms with van der Waals surface area (Å²) >= 11 is -0.246. The average molecular weight is 465 g/mol. The maximum Gasteiger partial charge on any atom is 0.446 e. The summed E-state index contributed by atoms with van der Waals surface area (Å²) in [7, 11) is 0. The van der Waals surface area contributed by atoms with Crippen molar-refractivity contribution in [1.29, 1.82) is 0 Å². The molecule has 0 bridgehead atoms. The fraction of sp³-hybridized carbons (Fsp3) is 0.409. The molecule has 0 unspecified atom stereocenters. The number of benzene rings is 1. The van der Waals surface area contributed by atoms with Crippen LogP contribution in [-0.4, -0.2) is 38.4 Å². The number of nitrogens with one attached hydrogen (secondary N) is 1. The number of hydrogen-bond donors (Lipinski definition) is 1. The highest BCUT2D eigenvalue weighted by Crippen LogP contribution is 2.39. The smallest absolute Gasteiger partial charge is 0.365 e. The molecule has 1 aromatic carbocycles. The summed E-state index contributed by atoms with van der Waals surface area (Å²) in [6.07, 6.45) is 2.49. The molecule has 0 saturated carbocycles. The summed E-state index contributed by atoms with van der Waals surface area (Å²) in [5.74, 6) is 0.385. The first-order valence-corrected chi connectivity index (χ1v) is 10.9. The van der Waals surface area contributed by atoms with Crippen LogP contribution in [-0.2, 0) is 17.8 Å². The monoisotopic (exact) mass is 464 g/mol. The Balaban J connectivity index is 1.57. The number of nitrogens with zero attached hydrogens (tertiary/aromatic N) is 3. The highest BCUT2D eigenvalue weighted by molar-refractivity contribution is 8.00. The Bertz CT molecular complexity index is 1080. The molecule has 0 spiro atoms. The molecule has 3 heterocycles. The molecule has 1 fully saturated rings. The van der Waals surface area contributed by atoms with Crippen molar-refractivity contribution in [2.75, 3.05) is 10.2 Å². The SMILES string of the molecule is CC1(C)Cc2cc(CN3C(=O)N(c4ccc(SC(F)(F)F)cc4)C(=O)C3(C)C)cnc2N1. The number of urea groups is 1. The van der Waals surface area contributed by atoms with Crippen LogP contribution >= 0.6 is 11.8 Å². The Kier molecular flexibility index (Phi) is 5.19. The highest BCUT2D eigenvalue weighted by Gasteiger charge is 2.51. The summed E-state index contributed by atoms with van der Waals surface area (Å²) < 4.78 is 37.7. The zero-order chi connectivity index (χ0) is 23.5. The quantitative estimate of drug-likeness (QED) is 0.499. The number of anilines is 2. The number of carbonyl (C=O) groups excluding carboxylic acids is 2. The van der Waals surface area contributed by atoms with E-state index in [0.717, 1.165) is 28.3 Å². The van der Waals surface area contributed by atoms with Gasteiger partial charge in [0.25, 0.3) is 5.91 Å². The van der Waals surface area contributed by atoms with E-state index >= 15 is 0 Å². The van der Waals surface area contributed by atoms with Gasteiger partial charge in [-0.3, -0.25) is 4.79 Å². The lowest BCUT2D eigenvalue weighted by atomic mass is 9.99. The number of aromatic nitrogens is 1. The minimum atomic E-state index is -4.41.